The Labute approximate surface area is 277 Å². The maximum absolute atomic E-state index is 14.9. The number of rotatable bonds is 8. The van der Waals surface area contributed by atoms with E-state index in [4.69, 9.17) is 4.74 Å². The predicted octanol–water partition coefficient (Wildman–Crippen LogP) is 7.83. The van der Waals surface area contributed by atoms with Crippen molar-refractivity contribution in [1.82, 2.24) is 5.32 Å². The molecule has 252 valence electrons. The third-order valence-corrected chi connectivity index (χ3v) is 9.14. The Bertz CT molecular complexity index is 1980. The highest BCUT2D eigenvalue weighted by atomic mass is 19.4. The number of alkyl halides is 3. The van der Waals surface area contributed by atoms with E-state index in [1.165, 1.54) is 25.3 Å². The van der Waals surface area contributed by atoms with Gasteiger partial charge in [0.25, 0.3) is 5.91 Å². The van der Waals surface area contributed by atoms with Gasteiger partial charge in [0.05, 0.1) is 29.7 Å². The molecule has 4 aromatic carbocycles. The molecule has 2 saturated carbocycles. The molecule has 0 radical (unpaired) electrons. The van der Waals surface area contributed by atoms with Crippen molar-refractivity contribution in [1.29, 1.82) is 0 Å². The number of nitrogens with one attached hydrogen (secondary N) is 2. The summed E-state index contributed by atoms with van der Waals surface area (Å²) in [5, 5.41) is 14.9. The highest BCUT2D eigenvalue weighted by molar-refractivity contribution is 6.00. The van der Waals surface area contributed by atoms with Gasteiger partial charge in [-0.2, -0.15) is 13.2 Å². The van der Waals surface area contributed by atoms with Crippen LogP contribution in [0.3, 0.4) is 0 Å². The number of carboxylic acids is 1. The fourth-order valence-electron chi connectivity index (χ4n) is 6.94. The molecular formula is C37H29F5N2O5. The number of anilines is 1. The minimum absolute atomic E-state index is 0.0102. The first-order valence-corrected chi connectivity index (χ1v) is 15.3. The first-order valence-electron chi connectivity index (χ1n) is 15.3. The number of aromatic carboxylic acids is 1. The average Bonchev–Trinajstić information content (AvgIpc) is 3.59. The zero-order chi connectivity index (χ0) is 35.0. The van der Waals surface area contributed by atoms with Crippen molar-refractivity contribution in [3.8, 4) is 16.9 Å². The number of carbonyl (C=O) groups is 3. The normalized spacial score (nSPS) is 20.7. The van der Waals surface area contributed by atoms with E-state index in [2.05, 4.69) is 10.6 Å². The second-order valence-corrected chi connectivity index (χ2v) is 12.0. The Kier molecular flexibility index (Phi) is 8.98. The molecule has 4 aromatic rings. The minimum atomic E-state index is -4.98. The molecule has 12 heteroatoms. The Hall–Kier alpha value is -5.52. The summed E-state index contributed by atoms with van der Waals surface area (Å²) < 4.78 is 74.5. The van der Waals surface area contributed by atoms with Crippen LogP contribution in [0, 0.1) is 29.4 Å². The van der Waals surface area contributed by atoms with Crippen molar-refractivity contribution in [3.63, 3.8) is 0 Å². The van der Waals surface area contributed by atoms with Gasteiger partial charge in [0, 0.05) is 23.2 Å². The fourth-order valence-corrected chi connectivity index (χ4v) is 6.94. The van der Waals surface area contributed by atoms with Crippen molar-refractivity contribution in [2.24, 2.45) is 17.8 Å². The topological polar surface area (TPSA) is 105 Å². The summed E-state index contributed by atoms with van der Waals surface area (Å²) in [7, 11) is 1.34. The molecule has 49 heavy (non-hydrogen) atoms. The highest BCUT2D eigenvalue weighted by Gasteiger charge is 2.54. The summed E-state index contributed by atoms with van der Waals surface area (Å²) in [5.41, 5.74) is -0.0204. The van der Waals surface area contributed by atoms with Gasteiger partial charge in [0.1, 0.15) is 17.4 Å². The Balaban J connectivity index is 1.36. The summed E-state index contributed by atoms with van der Waals surface area (Å²) in [6.07, 6.45) is -1.82. The van der Waals surface area contributed by atoms with Gasteiger partial charge in [0.2, 0.25) is 5.91 Å². The lowest BCUT2D eigenvalue weighted by Gasteiger charge is -2.30. The Morgan fingerprint density at radius 3 is 2.29 bits per heavy atom. The number of hydrogen-bond donors (Lipinski definition) is 3. The number of halogens is 5. The summed E-state index contributed by atoms with van der Waals surface area (Å²) in [6, 6.07) is 18.3. The van der Waals surface area contributed by atoms with Gasteiger partial charge < -0.3 is 20.5 Å². The fraction of sp³-hybridized carbons (Fsp3) is 0.216. The van der Waals surface area contributed by atoms with E-state index >= 15 is 0 Å². The standard InChI is InChI=1S/C37H29F5N2O5/c1-49-31-14-8-20(25-17-21(36(47)48)7-12-29(25)38)16-27(31)34(45)44-33-24-11-10-23(26(24)15-19-5-3-2-4-6-19)32(33)35(46)43-22-9-13-30(39)28(18-22)37(40,41)42/h2-9,12-18,23-24,32-33H,10-11H2,1H3,(H,43,46)(H,44,45)(H,47,48)/b26-15+/t23?,24?,32-,33+/m0/s1. The Morgan fingerprint density at radius 2 is 1.59 bits per heavy atom. The van der Waals surface area contributed by atoms with Crippen LogP contribution in [-0.2, 0) is 11.0 Å². The van der Waals surface area contributed by atoms with E-state index < -0.39 is 53.1 Å². The van der Waals surface area contributed by atoms with Crippen LogP contribution in [0.2, 0.25) is 0 Å². The summed E-state index contributed by atoms with van der Waals surface area (Å²) in [5.74, 6) is -6.20. The average molecular weight is 677 g/mol. The number of fused-ring (bicyclic) bond motifs is 2. The number of carbonyl (C=O) groups excluding carboxylic acids is 2. The van der Waals surface area contributed by atoms with Crippen molar-refractivity contribution in [3.05, 3.63) is 124 Å². The van der Waals surface area contributed by atoms with Crippen molar-refractivity contribution in [2.75, 3.05) is 12.4 Å². The molecule has 2 aliphatic rings. The quantitative estimate of drug-likeness (QED) is 0.165. The zero-order valence-electron chi connectivity index (χ0n) is 25.9. The van der Waals surface area contributed by atoms with E-state index in [1.807, 2.05) is 36.4 Å². The molecule has 0 saturated heterocycles. The molecule has 6 rings (SSSR count). The van der Waals surface area contributed by atoms with Crippen LogP contribution in [0.4, 0.5) is 27.6 Å². The largest absolute Gasteiger partial charge is 0.496 e. The minimum Gasteiger partial charge on any atom is -0.496 e. The van der Waals surface area contributed by atoms with E-state index in [1.54, 1.807) is 0 Å². The van der Waals surface area contributed by atoms with Crippen LogP contribution in [0.5, 0.6) is 5.75 Å². The molecule has 0 aliphatic heterocycles. The van der Waals surface area contributed by atoms with Gasteiger partial charge in [0.15, 0.2) is 0 Å². The first-order chi connectivity index (χ1) is 23.3. The van der Waals surface area contributed by atoms with Crippen LogP contribution in [0.25, 0.3) is 17.2 Å². The molecule has 2 unspecified atom stereocenters. The summed E-state index contributed by atoms with van der Waals surface area (Å²) in [4.78, 5) is 39.4. The van der Waals surface area contributed by atoms with Gasteiger partial charge in [-0.3, -0.25) is 9.59 Å². The van der Waals surface area contributed by atoms with Gasteiger partial charge in [-0.05, 0) is 78.4 Å². The number of ether oxygens (including phenoxy) is 1. The van der Waals surface area contributed by atoms with Crippen LogP contribution >= 0.6 is 0 Å². The number of hydrogen-bond acceptors (Lipinski definition) is 4. The lowest BCUT2D eigenvalue weighted by Crippen LogP contribution is -2.48. The van der Waals surface area contributed by atoms with Gasteiger partial charge >= 0.3 is 12.1 Å². The summed E-state index contributed by atoms with van der Waals surface area (Å²) in [6.45, 7) is 0. The molecule has 0 aromatic heterocycles. The monoisotopic (exact) mass is 676 g/mol. The molecule has 3 N–H and O–H groups in total. The molecule has 0 heterocycles. The molecular weight excluding hydrogens is 647 g/mol. The first kappa shape index (κ1) is 33.4. The molecule has 2 amide bonds. The maximum Gasteiger partial charge on any atom is 0.419 e. The lowest BCUT2D eigenvalue weighted by molar-refractivity contribution is -0.140. The van der Waals surface area contributed by atoms with E-state index in [0.717, 1.165) is 35.4 Å². The van der Waals surface area contributed by atoms with Crippen molar-refractivity contribution >= 4 is 29.5 Å². The number of methoxy groups -OCH3 is 1. The van der Waals surface area contributed by atoms with E-state index in [-0.39, 0.29) is 45.5 Å². The van der Waals surface area contributed by atoms with Crippen LogP contribution in [-0.4, -0.2) is 36.0 Å². The number of amides is 2. The van der Waals surface area contributed by atoms with Gasteiger partial charge in [-0.25, -0.2) is 13.6 Å². The second kappa shape index (κ2) is 13.2. The van der Waals surface area contributed by atoms with Crippen LogP contribution in [0.1, 0.15) is 44.7 Å². The number of benzene rings is 4. The molecule has 2 bridgehead atoms. The van der Waals surface area contributed by atoms with Crippen molar-refractivity contribution in [2.45, 2.75) is 25.1 Å². The maximum atomic E-state index is 14.9. The molecule has 2 fully saturated rings. The second-order valence-electron chi connectivity index (χ2n) is 12.0. The predicted molar refractivity (Wildman–Crippen MR) is 171 cm³/mol. The SMILES string of the molecule is COc1ccc(-c2cc(C(=O)O)ccc2F)cc1C(=O)N[C@@H]1C2CCC(/C2=C\c2ccccc2)[C@@H]1C(=O)Nc1ccc(F)c(C(F)(F)F)c1. The highest BCUT2D eigenvalue weighted by Crippen LogP contribution is 2.53. The van der Waals surface area contributed by atoms with Gasteiger partial charge in [-0.15, -0.1) is 0 Å². The van der Waals surface area contributed by atoms with Crippen LogP contribution < -0.4 is 15.4 Å². The summed E-state index contributed by atoms with van der Waals surface area (Å²) >= 11 is 0. The van der Waals surface area contributed by atoms with Crippen molar-refractivity contribution < 1.29 is 46.2 Å². The van der Waals surface area contributed by atoms with E-state index in [0.29, 0.717) is 25.0 Å². The Morgan fingerprint density at radius 1 is 0.878 bits per heavy atom. The molecule has 2 aliphatic carbocycles. The zero-order valence-corrected chi connectivity index (χ0v) is 25.9. The third kappa shape index (κ3) is 6.63. The van der Waals surface area contributed by atoms with Crippen LogP contribution in [0.15, 0.2) is 90.5 Å². The lowest BCUT2D eigenvalue weighted by atomic mass is 9.83. The van der Waals surface area contributed by atoms with Gasteiger partial charge in [-0.1, -0.05) is 48.0 Å². The molecule has 7 nitrogen and oxygen atoms in total. The molecule has 4 atom stereocenters. The molecule has 0 spiro atoms. The number of carboxylic acid groups (broad SMARTS) is 1. The smallest absolute Gasteiger partial charge is 0.419 e. The van der Waals surface area contributed by atoms with E-state index in [9.17, 15) is 41.4 Å². The third-order valence-electron chi connectivity index (χ3n) is 9.14.